The standard InChI is InChI=1S/C12H10FN3O/c13-11-2-1-9(5-10(11)6-14)7-16-4-3-15-12(16)8-17/h1-5,17H,7-8H2. The first-order chi connectivity index (χ1) is 8.24. The minimum atomic E-state index is -0.524. The molecule has 0 aliphatic rings. The number of hydrogen-bond donors (Lipinski definition) is 1. The zero-order valence-electron chi connectivity index (χ0n) is 8.97. The van der Waals surface area contributed by atoms with Gasteiger partial charge >= 0.3 is 0 Å². The van der Waals surface area contributed by atoms with Gasteiger partial charge < -0.3 is 9.67 Å². The molecular weight excluding hydrogens is 221 g/mol. The van der Waals surface area contributed by atoms with Crippen LogP contribution in [-0.4, -0.2) is 14.7 Å². The molecule has 0 atom stereocenters. The number of nitriles is 1. The highest BCUT2D eigenvalue weighted by molar-refractivity contribution is 5.34. The highest BCUT2D eigenvalue weighted by atomic mass is 19.1. The van der Waals surface area contributed by atoms with Crippen molar-refractivity contribution in [2.75, 3.05) is 0 Å². The maximum atomic E-state index is 13.1. The van der Waals surface area contributed by atoms with E-state index >= 15 is 0 Å². The Morgan fingerprint density at radius 1 is 1.47 bits per heavy atom. The van der Waals surface area contributed by atoms with E-state index in [1.54, 1.807) is 29.1 Å². The number of hydrogen-bond acceptors (Lipinski definition) is 3. The molecule has 2 aromatic rings. The molecule has 2 rings (SSSR count). The Morgan fingerprint density at radius 3 is 3.00 bits per heavy atom. The van der Waals surface area contributed by atoms with Crippen LogP contribution in [0.5, 0.6) is 0 Å². The molecule has 86 valence electrons. The van der Waals surface area contributed by atoms with E-state index in [1.165, 1.54) is 12.1 Å². The number of halogens is 1. The molecule has 5 heteroatoms. The van der Waals surface area contributed by atoms with Gasteiger partial charge in [-0.1, -0.05) is 6.07 Å². The summed E-state index contributed by atoms with van der Waals surface area (Å²) in [7, 11) is 0. The van der Waals surface area contributed by atoms with Gasteiger partial charge in [0.25, 0.3) is 0 Å². The van der Waals surface area contributed by atoms with Gasteiger partial charge in [0, 0.05) is 18.9 Å². The first kappa shape index (κ1) is 11.3. The number of imidazole rings is 1. The molecule has 0 aliphatic heterocycles. The molecule has 0 saturated carbocycles. The number of aliphatic hydroxyl groups is 1. The summed E-state index contributed by atoms with van der Waals surface area (Å²) >= 11 is 0. The fourth-order valence-electron chi connectivity index (χ4n) is 1.59. The second kappa shape index (κ2) is 4.76. The molecular formula is C12H10FN3O. The third kappa shape index (κ3) is 2.32. The third-order valence-corrected chi connectivity index (χ3v) is 2.45. The zero-order chi connectivity index (χ0) is 12.3. The van der Waals surface area contributed by atoms with Crippen LogP contribution in [0.2, 0.25) is 0 Å². The van der Waals surface area contributed by atoms with Crippen molar-refractivity contribution in [1.82, 2.24) is 9.55 Å². The molecule has 17 heavy (non-hydrogen) atoms. The van der Waals surface area contributed by atoms with Crippen molar-refractivity contribution in [2.45, 2.75) is 13.2 Å². The van der Waals surface area contributed by atoms with E-state index in [2.05, 4.69) is 4.98 Å². The summed E-state index contributed by atoms with van der Waals surface area (Å²) in [6.07, 6.45) is 3.31. The Kier molecular flexibility index (Phi) is 3.17. The van der Waals surface area contributed by atoms with Crippen LogP contribution in [0, 0.1) is 17.1 Å². The van der Waals surface area contributed by atoms with Crippen molar-refractivity contribution in [3.63, 3.8) is 0 Å². The van der Waals surface area contributed by atoms with E-state index in [9.17, 15) is 4.39 Å². The fraction of sp³-hybridized carbons (Fsp3) is 0.167. The lowest BCUT2D eigenvalue weighted by molar-refractivity contribution is 0.266. The van der Waals surface area contributed by atoms with E-state index in [4.69, 9.17) is 10.4 Å². The molecule has 0 unspecified atom stereocenters. The summed E-state index contributed by atoms with van der Waals surface area (Å²) in [6, 6.07) is 6.17. The van der Waals surface area contributed by atoms with Gasteiger partial charge in [0.2, 0.25) is 0 Å². The van der Waals surface area contributed by atoms with Gasteiger partial charge in [0.05, 0.1) is 5.56 Å². The second-order valence-corrected chi connectivity index (χ2v) is 3.56. The number of nitrogens with zero attached hydrogens (tertiary/aromatic N) is 3. The Hall–Kier alpha value is -2.19. The molecule has 4 nitrogen and oxygen atoms in total. The van der Waals surface area contributed by atoms with Crippen LogP contribution in [0.4, 0.5) is 4.39 Å². The van der Waals surface area contributed by atoms with E-state index in [-0.39, 0.29) is 12.2 Å². The molecule has 1 aromatic heterocycles. The summed E-state index contributed by atoms with van der Waals surface area (Å²) in [5.41, 5.74) is 0.809. The summed E-state index contributed by atoms with van der Waals surface area (Å²) in [5.74, 6) is 0.0112. The lowest BCUT2D eigenvalue weighted by Gasteiger charge is -2.06. The first-order valence-corrected chi connectivity index (χ1v) is 5.04. The molecule has 1 aromatic carbocycles. The minimum Gasteiger partial charge on any atom is -0.388 e. The average Bonchev–Trinajstić information content (AvgIpc) is 2.79. The van der Waals surface area contributed by atoms with E-state index in [0.29, 0.717) is 12.4 Å². The molecule has 0 aliphatic carbocycles. The largest absolute Gasteiger partial charge is 0.388 e. The lowest BCUT2D eigenvalue weighted by atomic mass is 10.1. The number of aromatic nitrogens is 2. The van der Waals surface area contributed by atoms with Crippen LogP contribution in [0.3, 0.4) is 0 Å². The highest BCUT2D eigenvalue weighted by Crippen LogP contribution is 2.11. The van der Waals surface area contributed by atoms with E-state index in [0.717, 1.165) is 5.56 Å². The van der Waals surface area contributed by atoms with Crippen molar-refractivity contribution in [1.29, 1.82) is 5.26 Å². The SMILES string of the molecule is N#Cc1cc(Cn2ccnc2CO)ccc1F. The van der Waals surface area contributed by atoms with Crippen LogP contribution in [0.25, 0.3) is 0 Å². The number of benzene rings is 1. The maximum Gasteiger partial charge on any atom is 0.140 e. The summed E-state index contributed by atoms with van der Waals surface area (Å²) in [5, 5.41) is 17.8. The molecule has 0 saturated heterocycles. The molecule has 1 heterocycles. The van der Waals surface area contributed by atoms with Gasteiger partial charge in [-0.2, -0.15) is 5.26 Å². The predicted octanol–water partition coefficient (Wildman–Crippen LogP) is 1.43. The van der Waals surface area contributed by atoms with Gasteiger partial charge in [-0.15, -0.1) is 0 Å². The fourth-order valence-corrected chi connectivity index (χ4v) is 1.59. The topological polar surface area (TPSA) is 61.8 Å². The van der Waals surface area contributed by atoms with E-state index in [1.807, 2.05) is 0 Å². The predicted molar refractivity (Wildman–Crippen MR) is 58.4 cm³/mol. The number of rotatable bonds is 3. The van der Waals surface area contributed by atoms with Crippen LogP contribution in [0.15, 0.2) is 30.6 Å². The van der Waals surface area contributed by atoms with Gasteiger partial charge in [0.1, 0.15) is 24.3 Å². The summed E-state index contributed by atoms with van der Waals surface area (Å²) in [6.45, 7) is 0.296. The summed E-state index contributed by atoms with van der Waals surface area (Å²) in [4.78, 5) is 3.96. The molecule has 0 fully saturated rings. The number of aliphatic hydroxyl groups excluding tert-OH is 1. The summed E-state index contributed by atoms with van der Waals surface area (Å²) < 4.78 is 14.9. The maximum absolute atomic E-state index is 13.1. The van der Waals surface area contributed by atoms with Crippen LogP contribution >= 0.6 is 0 Å². The monoisotopic (exact) mass is 231 g/mol. The minimum absolute atomic E-state index is 0.0214. The van der Waals surface area contributed by atoms with Crippen molar-refractivity contribution in [3.05, 3.63) is 53.4 Å². The lowest BCUT2D eigenvalue weighted by Crippen LogP contribution is -2.04. The molecule has 0 radical (unpaired) electrons. The van der Waals surface area contributed by atoms with Crippen molar-refractivity contribution >= 4 is 0 Å². The Labute approximate surface area is 97.6 Å². The van der Waals surface area contributed by atoms with Gasteiger partial charge in [-0.05, 0) is 17.7 Å². The molecule has 0 bridgehead atoms. The van der Waals surface area contributed by atoms with Gasteiger partial charge in [0.15, 0.2) is 0 Å². The molecule has 0 spiro atoms. The van der Waals surface area contributed by atoms with E-state index < -0.39 is 5.82 Å². The first-order valence-electron chi connectivity index (χ1n) is 5.04. The smallest absolute Gasteiger partial charge is 0.140 e. The van der Waals surface area contributed by atoms with Gasteiger partial charge in [-0.25, -0.2) is 9.37 Å². The Balaban J connectivity index is 2.28. The normalized spacial score (nSPS) is 10.2. The van der Waals surface area contributed by atoms with Crippen molar-refractivity contribution in [2.24, 2.45) is 0 Å². The molecule has 1 N–H and O–H groups in total. The quantitative estimate of drug-likeness (QED) is 0.869. The Bertz CT molecular complexity index is 571. The van der Waals surface area contributed by atoms with Crippen LogP contribution in [0.1, 0.15) is 17.0 Å². The second-order valence-electron chi connectivity index (χ2n) is 3.56. The van der Waals surface area contributed by atoms with Crippen molar-refractivity contribution < 1.29 is 9.50 Å². The zero-order valence-corrected chi connectivity index (χ0v) is 8.97. The Morgan fingerprint density at radius 2 is 2.29 bits per heavy atom. The van der Waals surface area contributed by atoms with Gasteiger partial charge in [-0.3, -0.25) is 0 Å². The van der Waals surface area contributed by atoms with Crippen molar-refractivity contribution in [3.8, 4) is 6.07 Å². The average molecular weight is 231 g/mol. The third-order valence-electron chi connectivity index (χ3n) is 2.45. The molecule has 0 amide bonds. The highest BCUT2D eigenvalue weighted by Gasteiger charge is 2.05. The van der Waals surface area contributed by atoms with Crippen LogP contribution in [-0.2, 0) is 13.2 Å². The van der Waals surface area contributed by atoms with Crippen LogP contribution < -0.4 is 0 Å².